The van der Waals surface area contributed by atoms with Gasteiger partial charge >= 0.3 is 5.97 Å². The SMILES string of the molecule is Cc1ccc(C(=O)NC(C)CCC(=O)O)n1C. The summed E-state index contributed by atoms with van der Waals surface area (Å²) in [6.45, 7) is 3.72. The molecule has 17 heavy (non-hydrogen) atoms. The minimum absolute atomic E-state index is 0.0631. The van der Waals surface area contributed by atoms with Crippen LogP contribution in [0.15, 0.2) is 12.1 Å². The first kappa shape index (κ1) is 13.3. The van der Waals surface area contributed by atoms with Crippen molar-refractivity contribution in [2.24, 2.45) is 7.05 Å². The molecule has 1 amide bonds. The zero-order chi connectivity index (χ0) is 13.0. The number of aromatic nitrogens is 1. The van der Waals surface area contributed by atoms with Crippen molar-refractivity contribution < 1.29 is 14.7 Å². The summed E-state index contributed by atoms with van der Waals surface area (Å²) in [6.07, 6.45) is 0.498. The van der Waals surface area contributed by atoms with Crippen molar-refractivity contribution in [1.82, 2.24) is 9.88 Å². The van der Waals surface area contributed by atoms with Crippen LogP contribution in [0.25, 0.3) is 0 Å². The molecule has 1 unspecified atom stereocenters. The van der Waals surface area contributed by atoms with Gasteiger partial charge in [-0.3, -0.25) is 9.59 Å². The number of nitrogens with one attached hydrogen (secondary N) is 1. The standard InChI is InChI=1S/C12H18N2O3/c1-8(4-7-11(15)16)13-12(17)10-6-5-9(2)14(10)3/h5-6,8H,4,7H2,1-3H3,(H,13,17)(H,15,16). The molecule has 5 nitrogen and oxygen atoms in total. The van der Waals surface area contributed by atoms with Gasteiger partial charge in [0.25, 0.3) is 5.91 Å². The molecular formula is C12H18N2O3. The van der Waals surface area contributed by atoms with Crippen LogP contribution >= 0.6 is 0 Å². The smallest absolute Gasteiger partial charge is 0.303 e. The number of rotatable bonds is 5. The molecule has 1 heterocycles. The van der Waals surface area contributed by atoms with Gasteiger partial charge in [0.05, 0.1) is 0 Å². The van der Waals surface area contributed by atoms with Gasteiger partial charge in [-0.15, -0.1) is 0 Å². The molecule has 0 spiro atoms. The Morgan fingerprint density at radius 1 is 1.47 bits per heavy atom. The van der Waals surface area contributed by atoms with Crippen molar-refractivity contribution in [1.29, 1.82) is 0 Å². The van der Waals surface area contributed by atoms with E-state index in [0.29, 0.717) is 12.1 Å². The van der Waals surface area contributed by atoms with Crippen molar-refractivity contribution >= 4 is 11.9 Å². The minimum atomic E-state index is -0.846. The van der Waals surface area contributed by atoms with Crippen LogP contribution in [0.3, 0.4) is 0 Å². The van der Waals surface area contributed by atoms with Gasteiger partial charge in [0.15, 0.2) is 0 Å². The predicted molar refractivity (Wildman–Crippen MR) is 63.9 cm³/mol. The molecule has 0 aliphatic carbocycles. The van der Waals surface area contributed by atoms with Crippen LogP contribution < -0.4 is 5.32 Å². The molecule has 1 atom stereocenters. The minimum Gasteiger partial charge on any atom is -0.481 e. The van der Waals surface area contributed by atoms with Crippen LogP contribution in [0, 0.1) is 6.92 Å². The Kier molecular flexibility index (Phi) is 4.31. The molecule has 0 saturated heterocycles. The number of nitrogens with zero attached hydrogens (tertiary/aromatic N) is 1. The molecule has 0 aliphatic rings. The number of carbonyl (C=O) groups excluding carboxylic acids is 1. The fourth-order valence-electron chi connectivity index (χ4n) is 1.55. The second kappa shape index (κ2) is 5.52. The van der Waals surface area contributed by atoms with Gasteiger partial charge in [-0.05, 0) is 32.4 Å². The van der Waals surface area contributed by atoms with Gasteiger partial charge in [-0.1, -0.05) is 0 Å². The van der Waals surface area contributed by atoms with Gasteiger partial charge in [-0.2, -0.15) is 0 Å². The van der Waals surface area contributed by atoms with Crippen molar-refractivity contribution in [3.8, 4) is 0 Å². The molecule has 0 bridgehead atoms. The number of aliphatic carboxylic acids is 1. The largest absolute Gasteiger partial charge is 0.481 e. The molecule has 5 heteroatoms. The molecule has 0 saturated carbocycles. The summed E-state index contributed by atoms with van der Waals surface area (Å²) in [5, 5.41) is 11.3. The van der Waals surface area contributed by atoms with E-state index in [2.05, 4.69) is 5.32 Å². The Bertz CT molecular complexity index is 423. The first-order chi connectivity index (χ1) is 7.91. The number of hydrogen-bond donors (Lipinski definition) is 2. The van der Waals surface area contributed by atoms with Crippen LogP contribution in [-0.2, 0) is 11.8 Å². The van der Waals surface area contributed by atoms with Crippen LogP contribution in [0.2, 0.25) is 0 Å². The van der Waals surface area contributed by atoms with Crippen molar-refractivity contribution in [3.63, 3.8) is 0 Å². The summed E-state index contributed by atoms with van der Waals surface area (Å²) in [5.41, 5.74) is 1.60. The molecule has 1 aromatic rings. The Labute approximate surface area is 100 Å². The zero-order valence-electron chi connectivity index (χ0n) is 10.4. The summed E-state index contributed by atoms with van der Waals surface area (Å²) in [6, 6.07) is 3.49. The normalized spacial score (nSPS) is 12.2. The maximum absolute atomic E-state index is 11.9. The number of amides is 1. The van der Waals surface area contributed by atoms with Crippen LogP contribution in [0.1, 0.15) is 35.9 Å². The van der Waals surface area contributed by atoms with Gasteiger partial charge in [-0.25, -0.2) is 0 Å². The molecule has 2 N–H and O–H groups in total. The van der Waals surface area contributed by atoms with Crippen molar-refractivity contribution in [2.75, 3.05) is 0 Å². The maximum atomic E-state index is 11.9. The maximum Gasteiger partial charge on any atom is 0.303 e. The van der Waals surface area contributed by atoms with E-state index in [9.17, 15) is 9.59 Å². The van der Waals surface area contributed by atoms with E-state index in [1.54, 1.807) is 17.6 Å². The molecule has 0 aliphatic heterocycles. The van der Waals surface area contributed by atoms with Gasteiger partial charge in [0.1, 0.15) is 5.69 Å². The van der Waals surface area contributed by atoms with Crippen LogP contribution in [0.4, 0.5) is 0 Å². The second-order valence-electron chi connectivity index (χ2n) is 4.23. The summed E-state index contributed by atoms with van der Waals surface area (Å²) >= 11 is 0. The van der Waals surface area contributed by atoms with E-state index in [4.69, 9.17) is 5.11 Å². The Balaban J connectivity index is 2.55. The van der Waals surface area contributed by atoms with E-state index in [1.807, 2.05) is 20.0 Å². The first-order valence-electron chi connectivity index (χ1n) is 5.56. The summed E-state index contributed by atoms with van der Waals surface area (Å²) in [7, 11) is 1.83. The topological polar surface area (TPSA) is 71.3 Å². The lowest BCUT2D eigenvalue weighted by atomic mass is 10.2. The van der Waals surface area contributed by atoms with E-state index in [0.717, 1.165) is 5.69 Å². The predicted octanol–water partition coefficient (Wildman–Crippen LogP) is 1.32. The average Bonchev–Trinajstić information content (AvgIpc) is 2.57. The quantitative estimate of drug-likeness (QED) is 0.812. The lowest BCUT2D eigenvalue weighted by Crippen LogP contribution is -2.34. The monoisotopic (exact) mass is 238 g/mol. The highest BCUT2D eigenvalue weighted by Crippen LogP contribution is 2.06. The third-order valence-corrected chi connectivity index (χ3v) is 2.77. The molecular weight excluding hydrogens is 220 g/mol. The highest BCUT2D eigenvalue weighted by Gasteiger charge is 2.14. The molecule has 1 rings (SSSR count). The third-order valence-electron chi connectivity index (χ3n) is 2.77. The van der Waals surface area contributed by atoms with E-state index < -0.39 is 5.97 Å². The fourth-order valence-corrected chi connectivity index (χ4v) is 1.55. The Morgan fingerprint density at radius 2 is 2.12 bits per heavy atom. The number of hydrogen-bond acceptors (Lipinski definition) is 2. The highest BCUT2D eigenvalue weighted by molar-refractivity contribution is 5.93. The summed E-state index contributed by atoms with van der Waals surface area (Å²) in [4.78, 5) is 22.3. The van der Waals surface area contributed by atoms with Gasteiger partial charge < -0.3 is 15.0 Å². The number of carbonyl (C=O) groups is 2. The highest BCUT2D eigenvalue weighted by atomic mass is 16.4. The lowest BCUT2D eigenvalue weighted by molar-refractivity contribution is -0.137. The lowest BCUT2D eigenvalue weighted by Gasteiger charge is -2.13. The number of carboxylic acids is 1. The van der Waals surface area contributed by atoms with E-state index >= 15 is 0 Å². The Hall–Kier alpha value is -1.78. The van der Waals surface area contributed by atoms with Gasteiger partial charge in [0, 0.05) is 25.2 Å². The van der Waals surface area contributed by atoms with E-state index in [1.165, 1.54) is 0 Å². The third kappa shape index (κ3) is 3.62. The Morgan fingerprint density at radius 3 is 2.59 bits per heavy atom. The average molecular weight is 238 g/mol. The van der Waals surface area contributed by atoms with E-state index in [-0.39, 0.29) is 18.4 Å². The van der Waals surface area contributed by atoms with Crippen LogP contribution in [-0.4, -0.2) is 27.6 Å². The summed E-state index contributed by atoms with van der Waals surface area (Å²) in [5.74, 6) is -1.01. The molecule has 0 radical (unpaired) electrons. The molecule has 94 valence electrons. The fraction of sp³-hybridized carbons (Fsp3) is 0.500. The molecule has 1 aromatic heterocycles. The van der Waals surface area contributed by atoms with Gasteiger partial charge in [0.2, 0.25) is 0 Å². The summed E-state index contributed by atoms with van der Waals surface area (Å²) < 4.78 is 1.80. The number of carboxylic acid groups (broad SMARTS) is 1. The van der Waals surface area contributed by atoms with Crippen LogP contribution in [0.5, 0.6) is 0 Å². The number of aryl methyl sites for hydroxylation is 1. The molecule has 0 aromatic carbocycles. The second-order valence-corrected chi connectivity index (χ2v) is 4.23. The van der Waals surface area contributed by atoms with Crippen molar-refractivity contribution in [2.45, 2.75) is 32.7 Å². The molecule has 0 fully saturated rings. The first-order valence-corrected chi connectivity index (χ1v) is 5.56. The van der Waals surface area contributed by atoms with Crippen molar-refractivity contribution in [3.05, 3.63) is 23.5 Å². The zero-order valence-corrected chi connectivity index (χ0v) is 10.4.